The normalized spacial score (nSPS) is 17.0. The van der Waals surface area contributed by atoms with E-state index in [1.807, 2.05) is 0 Å². The summed E-state index contributed by atoms with van der Waals surface area (Å²) >= 11 is 0. The van der Waals surface area contributed by atoms with E-state index < -0.39 is 0 Å². The minimum absolute atomic E-state index is 0.755. The van der Waals surface area contributed by atoms with Gasteiger partial charge in [-0.2, -0.15) is 0 Å². The molecular weight excluding hydrogens is 242 g/mol. The first-order chi connectivity index (χ1) is 9.83. The van der Waals surface area contributed by atoms with Crippen molar-refractivity contribution in [1.29, 1.82) is 0 Å². The van der Waals surface area contributed by atoms with Gasteiger partial charge in [-0.05, 0) is 24.5 Å². The molecule has 0 saturated heterocycles. The number of aryl methyl sites for hydroxylation is 1. The van der Waals surface area contributed by atoms with E-state index in [1.165, 1.54) is 69.0 Å². The molecule has 1 aliphatic heterocycles. The van der Waals surface area contributed by atoms with E-state index in [0.29, 0.717) is 0 Å². The lowest BCUT2D eigenvalue weighted by Gasteiger charge is -2.10. The van der Waals surface area contributed by atoms with Crippen molar-refractivity contribution in [2.75, 3.05) is 11.9 Å². The molecule has 1 heteroatoms. The summed E-state index contributed by atoms with van der Waals surface area (Å²) in [6.07, 6.45) is 12.7. The number of unbranched alkanes of at least 4 members (excludes halogenated alkanes) is 7. The van der Waals surface area contributed by atoms with Gasteiger partial charge in [-0.3, -0.25) is 0 Å². The maximum absolute atomic E-state index is 3.59. The van der Waals surface area contributed by atoms with Gasteiger partial charge in [0, 0.05) is 18.2 Å². The highest BCUT2D eigenvalue weighted by atomic mass is 14.9. The average molecular weight is 273 g/mol. The van der Waals surface area contributed by atoms with E-state index in [9.17, 15) is 0 Å². The van der Waals surface area contributed by atoms with Gasteiger partial charge < -0.3 is 5.32 Å². The second kappa shape index (κ2) is 8.34. The number of para-hydroxylation sites is 1. The first kappa shape index (κ1) is 15.4. The van der Waals surface area contributed by atoms with Crippen molar-refractivity contribution in [3.63, 3.8) is 0 Å². The van der Waals surface area contributed by atoms with Crippen LogP contribution in [0.3, 0.4) is 0 Å². The molecular formula is C19H31N. The van der Waals surface area contributed by atoms with Crippen molar-refractivity contribution < 1.29 is 0 Å². The van der Waals surface area contributed by atoms with Crippen LogP contribution in [-0.2, 0) is 0 Å². The number of anilines is 1. The largest absolute Gasteiger partial charge is 0.384 e. The Morgan fingerprint density at radius 3 is 2.45 bits per heavy atom. The molecule has 20 heavy (non-hydrogen) atoms. The van der Waals surface area contributed by atoms with Crippen LogP contribution in [-0.4, -0.2) is 6.54 Å². The Balaban J connectivity index is 1.61. The Hall–Kier alpha value is -0.980. The smallest absolute Gasteiger partial charge is 0.0406 e. The van der Waals surface area contributed by atoms with Gasteiger partial charge in [0.25, 0.3) is 0 Å². The van der Waals surface area contributed by atoms with Crippen LogP contribution in [0.2, 0.25) is 0 Å². The molecule has 2 rings (SSSR count). The van der Waals surface area contributed by atoms with Crippen molar-refractivity contribution in [1.82, 2.24) is 0 Å². The van der Waals surface area contributed by atoms with Gasteiger partial charge in [-0.15, -0.1) is 0 Å². The molecule has 0 aromatic heterocycles. The quantitative estimate of drug-likeness (QED) is 0.541. The van der Waals surface area contributed by atoms with Crippen LogP contribution in [0.25, 0.3) is 0 Å². The third kappa shape index (κ3) is 4.26. The fourth-order valence-electron chi connectivity index (χ4n) is 3.39. The van der Waals surface area contributed by atoms with Gasteiger partial charge in [0.05, 0.1) is 0 Å². The number of nitrogens with one attached hydrogen (secondary N) is 1. The molecule has 0 spiro atoms. The number of benzene rings is 1. The van der Waals surface area contributed by atoms with Crippen LogP contribution >= 0.6 is 0 Å². The zero-order valence-electron chi connectivity index (χ0n) is 13.4. The highest BCUT2D eigenvalue weighted by molar-refractivity contribution is 5.62. The summed E-state index contributed by atoms with van der Waals surface area (Å²) in [5.74, 6) is 0.755. The standard InChI is InChI=1S/C19H31N/c1-3-4-5-6-7-8-9-10-13-17-15-20-19-16(2)12-11-14-18(17)19/h11-12,14,17,20H,3-10,13,15H2,1-2H3. The third-order valence-corrected chi connectivity index (χ3v) is 4.68. The molecule has 1 aromatic rings. The van der Waals surface area contributed by atoms with E-state index in [4.69, 9.17) is 0 Å². The molecule has 0 amide bonds. The summed E-state index contributed by atoms with van der Waals surface area (Å²) in [5, 5.41) is 3.59. The van der Waals surface area contributed by atoms with Crippen LogP contribution in [0.5, 0.6) is 0 Å². The first-order valence-corrected chi connectivity index (χ1v) is 8.66. The van der Waals surface area contributed by atoms with Crippen molar-refractivity contribution in [3.8, 4) is 0 Å². The molecule has 0 fully saturated rings. The summed E-state index contributed by atoms with van der Waals surface area (Å²) in [4.78, 5) is 0. The van der Waals surface area contributed by atoms with Gasteiger partial charge in [0.1, 0.15) is 0 Å². The minimum atomic E-state index is 0.755. The van der Waals surface area contributed by atoms with E-state index >= 15 is 0 Å². The van der Waals surface area contributed by atoms with Crippen LogP contribution in [0.1, 0.15) is 81.8 Å². The molecule has 1 nitrogen and oxygen atoms in total. The fourth-order valence-corrected chi connectivity index (χ4v) is 3.39. The van der Waals surface area contributed by atoms with Crippen molar-refractivity contribution in [3.05, 3.63) is 29.3 Å². The summed E-state index contributed by atoms with van der Waals surface area (Å²) in [6, 6.07) is 6.74. The lowest BCUT2D eigenvalue weighted by Crippen LogP contribution is -2.01. The van der Waals surface area contributed by atoms with Crippen LogP contribution in [0.15, 0.2) is 18.2 Å². The molecule has 112 valence electrons. The highest BCUT2D eigenvalue weighted by Gasteiger charge is 2.22. The zero-order valence-corrected chi connectivity index (χ0v) is 13.4. The summed E-state index contributed by atoms with van der Waals surface area (Å²) < 4.78 is 0. The summed E-state index contributed by atoms with van der Waals surface area (Å²) in [5.41, 5.74) is 4.38. The Bertz CT molecular complexity index is 397. The van der Waals surface area contributed by atoms with Crippen molar-refractivity contribution in [2.45, 2.75) is 77.6 Å². The SMILES string of the molecule is CCCCCCCCCCC1CNc2c(C)cccc21. The van der Waals surface area contributed by atoms with E-state index in [1.54, 1.807) is 5.56 Å². The highest BCUT2D eigenvalue weighted by Crippen LogP contribution is 2.36. The third-order valence-electron chi connectivity index (χ3n) is 4.68. The van der Waals surface area contributed by atoms with Gasteiger partial charge in [0.2, 0.25) is 0 Å². The topological polar surface area (TPSA) is 12.0 Å². The van der Waals surface area contributed by atoms with Gasteiger partial charge in [-0.1, -0.05) is 76.5 Å². The van der Waals surface area contributed by atoms with E-state index in [0.717, 1.165) is 12.5 Å². The van der Waals surface area contributed by atoms with Crippen molar-refractivity contribution in [2.24, 2.45) is 0 Å². The van der Waals surface area contributed by atoms with Crippen LogP contribution in [0, 0.1) is 6.92 Å². The molecule has 0 aliphatic carbocycles. The van der Waals surface area contributed by atoms with E-state index in [-0.39, 0.29) is 0 Å². The number of rotatable bonds is 9. The lowest BCUT2D eigenvalue weighted by atomic mass is 9.93. The monoisotopic (exact) mass is 273 g/mol. The van der Waals surface area contributed by atoms with Crippen molar-refractivity contribution >= 4 is 5.69 Å². The fraction of sp³-hybridized carbons (Fsp3) is 0.684. The van der Waals surface area contributed by atoms with Crippen LogP contribution in [0.4, 0.5) is 5.69 Å². The molecule has 0 radical (unpaired) electrons. The molecule has 0 bridgehead atoms. The summed E-state index contributed by atoms with van der Waals surface area (Å²) in [7, 11) is 0. The lowest BCUT2D eigenvalue weighted by molar-refractivity contribution is 0.543. The molecule has 1 N–H and O–H groups in total. The Kier molecular flexibility index (Phi) is 6.42. The molecule has 1 heterocycles. The Labute approximate surface area is 125 Å². The molecule has 1 aliphatic rings. The maximum atomic E-state index is 3.59. The van der Waals surface area contributed by atoms with E-state index in [2.05, 4.69) is 37.4 Å². The number of hydrogen-bond acceptors (Lipinski definition) is 1. The average Bonchev–Trinajstić information content (AvgIpc) is 2.87. The van der Waals surface area contributed by atoms with Crippen LogP contribution < -0.4 is 5.32 Å². The second-order valence-corrected chi connectivity index (χ2v) is 6.38. The Morgan fingerprint density at radius 2 is 1.70 bits per heavy atom. The Morgan fingerprint density at radius 1 is 1.00 bits per heavy atom. The summed E-state index contributed by atoms with van der Waals surface area (Å²) in [6.45, 7) is 5.65. The van der Waals surface area contributed by atoms with Gasteiger partial charge in [0.15, 0.2) is 0 Å². The molecule has 1 aromatic carbocycles. The van der Waals surface area contributed by atoms with Gasteiger partial charge in [-0.25, -0.2) is 0 Å². The first-order valence-electron chi connectivity index (χ1n) is 8.66. The zero-order chi connectivity index (χ0) is 14.2. The number of hydrogen-bond donors (Lipinski definition) is 1. The second-order valence-electron chi connectivity index (χ2n) is 6.38. The van der Waals surface area contributed by atoms with Gasteiger partial charge >= 0.3 is 0 Å². The maximum Gasteiger partial charge on any atom is 0.0406 e. The molecule has 1 unspecified atom stereocenters. The predicted octanol–water partition coefficient (Wildman–Crippen LogP) is 6.03. The molecule has 0 saturated carbocycles. The number of fused-ring (bicyclic) bond motifs is 1. The minimum Gasteiger partial charge on any atom is -0.384 e. The molecule has 1 atom stereocenters. The predicted molar refractivity (Wildman–Crippen MR) is 89.6 cm³/mol.